The normalized spacial score (nSPS) is 68.1. The van der Waals surface area contributed by atoms with E-state index in [9.17, 15) is 0 Å². The summed E-state index contributed by atoms with van der Waals surface area (Å²) in [5.41, 5.74) is 0. The molecule has 10 fully saturated rings. The van der Waals surface area contributed by atoms with Crippen molar-refractivity contribution in [3.05, 3.63) is 91.0 Å². The summed E-state index contributed by atoms with van der Waals surface area (Å²) in [6.07, 6.45) is 0. The molecule has 10 aliphatic heterocycles. The van der Waals surface area contributed by atoms with Crippen LogP contribution in [0, 0.1) is 0 Å². The molecule has 0 radical (unpaired) electrons. The van der Waals surface area contributed by atoms with Gasteiger partial charge in [0.1, 0.15) is 0 Å². The maximum absolute atomic E-state index is 3.71. The van der Waals surface area contributed by atoms with E-state index in [-0.39, 0.29) is 0 Å². The Labute approximate surface area is 192 Å². The molecule has 0 N–H and O–H groups in total. The van der Waals surface area contributed by atoms with Gasteiger partial charge in [-0.2, -0.15) is 0 Å². The zero-order valence-electron chi connectivity index (χ0n) is 19.8. The summed E-state index contributed by atoms with van der Waals surface area (Å²) >= 11 is 0. The second-order valence-corrected chi connectivity index (χ2v) is 43.8. The molecule has 3 aromatic carbocycles. The van der Waals surface area contributed by atoms with Gasteiger partial charge in [-0.3, -0.25) is 0 Å². The average molecular weight is 502 g/mol. The summed E-state index contributed by atoms with van der Waals surface area (Å²) in [5, 5.41) is 5.25. The Bertz CT molecular complexity index is 1790. The van der Waals surface area contributed by atoms with Gasteiger partial charge in [-0.05, 0) is 0 Å². The summed E-state index contributed by atoms with van der Waals surface area (Å²) in [6, 6.07) is 36.5. The third-order valence-corrected chi connectivity index (χ3v) is 73.9. The zero-order valence-corrected chi connectivity index (χ0v) is 21.9. The molecule has 10 heterocycles. The molecule has 3 heteroatoms. The fourth-order valence-corrected chi connectivity index (χ4v) is 121. The summed E-state index contributed by atoms with van der Waals surface area (Å²) in [7, 11) is 2.59. The third kappa shape index (κ3) is 0.330. The molecular formula is C31H31FeNSi. The molecule has 0 bridgehead atoms. The molecule has 5 unspecified atom stereocenters. The molecule has 0 aliphatic carbocycles. The number of nitrogens with zero attached hydrogens (tertiary/aromatic N) is 1. The average Bonchev–Trinajstić information content (AvgIpc) is 3.82. The van der Waals surface area contributed by atoms with Crippen molar-refractivity contribution in [3.63, 3.8) is 0 Å². The SMILES string of the molecule is CN(C)C[C]12[CH]3[CH]4[CH]5[C]1([Si](c1ccccc1)(c1ccccc1)c1ccccc1)[Fe]43521678[CH]2[CH]1[CH]6[CH]7[CH]28. The Morgan fingerprint density at radius 3 is 1.35 bits per heavy atom. The van der Waals surface area contributed by atoms with Gasteiger partial charge in [0.05, 0.1) is 0 Å². The molecule has 3 aromatic rings. The topological polar surface area (TPSA) is 3.24 Å². The molecule has 10 aliphatic rings. The van der Waals surface area contributed by atoms with Gasteiger partial charge in [0, 0.05) is 0 Å². The van der Waals surface area contributed by atoms with E-state index in [4.69, 9.17) is 0 Å². The predicted molar refractivity (Wildman–Crippen MR) is 138 cm³/mol. The Balaban J connectivity index is 1.29. The summed E-state index contributed by atoms with van der Waals surface area (Å²) in [5.74, 6) is 0. The van der Waals surface area contributed by atoms with E-state index in [0.29, 0.717) is 0 Å². The van der Waals surface area contributed by atoms with E-state index in [1.807, 2.05) is 0 Å². The van der Waals surface area contributed by atoms with Crippen LogP contribution in [0.5, 0.6) is 0 Å². The molecule has 0 saturated carbocycles. The number of hydrogen-bond donors (Lipinski definition) is 0. The molecule has 172 valence electrons. The van der Waals surface area contributed by atoms with Crippen molar-refractivity contribution in [1.82, 2.24) is 4.90 Å². The van der Waals surface area contributed by atoms with E-state index in [1.165, 1.54) is 45.1 Å². The molecule has 5 atom stereocenters. The van der Waals surface area contributed by atoms with Gasteiger partial charge in [0.2, 0.25) is 0 Å². The molecule has 0 aromatic heterocycles. The minimum absolute atomic E-state index is 0.743. The van der Waals surface area contributed by atoms with Crippen LogP contribution >= 0.6 is 0 Å². The van der Waals surface area contributed by atoms with Crippen molar-refractivity contribution in [2.75, 3.05) is 20.6 Å². The molecule has 1 nitrogen and oxygen atoms in total. The van der Waals surface area contributed by atoms with Crippen molar-refractivity contribution in [3.8, 4) is 0 Å². The Morgan fingerprint density at radius 2 is 1.03 bits per heavy atom. The molecule has 10 saturated heterocycles. The van der Waals surface area contributed by atoms with Crippen LogP contribution in [0.15, 0.2) is 91.0 Å². The van der Waals surface area contributed by atoms with Crippen LogP contribution < -0.4 is 15.6 Å². The van der Waals surface area contributed by atoms with Crippen LogP contribution in [0.2, 0.25) is 46.8 Å². The Morgan fingerprint density at radius 1 is 0.618 bits per heavy atom. The van der Waals surface area contributed by atoms with E-state index in [2.05, 4.69) is 110 Å². The van der Waals surface area contributed by atoms with Gasteiger partial charge in [0.15, 0.2) is 0 Å². The first-order chi connectivity index (χ1) is 16.4. The number of rotatable bonds is 6. The van der Waals surface area contributed by atoms with Gasteiger partial charge in [-0.25, -0.2) is 0 Å². The number of hydrogen-bond acceptors (Lipinski definition) is 1. The first kappa shape index (κ1) is 16.2. The van der Waals surface area contributed by atoms with Crippen molar-refractivity contribution >= 4 is 23.6 Å². The second-order valence-electron chi connectivity index (χ2n) is 16.0. The van der Waals surface area contributed by atoms with Crippen LogP contribution in [0.25, 0.3) is 0 Å². The number of fused-ring (bicyclic) bond motifs is 10. The van der Waals surface area contributed by atoms with Crippen LogP contribution in [-0.4, -0.2) is 33.6 Å². The van der Waals surface area contributed by atoms with Crippen molar-refractivity contribution in [2.45, 2.75) is 46.8 Å². The fourth-order valence-electron chi connectivity index (χ4n) is 22.2. The van der Waals surface area contributed by atoms with Crippen molar-refractivity contribution < 1.29 is 6.51 Å². The molecule has 0 amide bonds. The summed E-state index contributed by atoms with van der Waals surface area (Å²) in [6.45, 7) is -2.27. The van der Waals surface area contributed by atoms with Gasteiger partial charge in [0.25, 0.3) is 0 Å². The Hall–Kier alpha value is -1.64. The van der Waals surface area contributed by atoms with Gasteiger partial charge in [-0.1, -0.05) is 0 Å². The van der Waals surface area contributed by atoms with E-state index < -0.39 is 14.6 Å². The fraction of sp³-hybridized carbons (Fsp3) is 0.419. The molecule has 13 rings (SSSR count). The van der Waals surface area contributed by atoms with Crippen LogP contribution in [-0.2, 0) is 6.51 Å². The van der Waals surface area contributed by atoms with E-state index in [0.717, 1.165) is 8.25 Å². The van der Waals surface area contributed by atoms with Crippen LogP contribution in [0.4, 0.5) is 0 Å². The standard InChI is InChI=1S/C26H26NSi.C5H5.Fe/c1-27(2)21-22-13-12-20-26(22)28(23-14-6-3-7-15-23,24-16-8-4-9-17-24)25-18-10-5-11-19-25;1-2-4-5-3-1;/h3-20H,21H2,1-2H3;1-5H;. The summed E-state index contributed by atoms with van der Waals surface area (Å²) < 4.78 is 1.54. The van der Waals surface area contributed by atoms with E-state index >= 15 is 0 Å². The monoisotopic (exact) mass is 501 g/mol. The van der Waals surface area contributed by atoms with E-state index in [1.54, 1.807) is 15.6 Å². The third-order valence-electron chi connectivity index (χ3n) is 19.9. The van der Waals surface area contributed by atoms with Gasteiger partial charge < -0.3 is 0 Å². The predicted octanol–water partition coefficient (Wildman–Crippen LogP) is 5.39. The second kappa shape index (κ2) is 2.25. The van der Waals surface area contributed by atoms with Crippen molar-refractivity contribution in [2.24, 2.45) is 0 Å². The number of benzene rings is 3. The first-order valence-electron chi connectivity index (χ1n) is 13.4. The van der Waals surface area contributed by atoms with Gasteiger partial charge in [-0.15, -0.1) is 0 Å². The quantitative estimate of drug-likeness (QED) is 0.324. The maximum atomic E-state index is 2.67. The first-order valence-corrected chi connectivity index (χ1v) is 21.6. The Kier molecular flexibility index (Phi) is 1.07. The van der Waals surface area contributed by atoms with Gasteiger partial charge >= 0.3 is 193 Å². The molecular weight excluding hydrogens is 470 g/mol. The summed E-state index contributed by atoms with van der Waals surface area (Å²) in [4.78, 5) is 13.1. The molecule has 1 spiro atoms. The molecule has 34 heavy (non-hydrogen) atoms. The van der Waals surface area contributed by atoms with Crippen LogP contribution in [0.3, 0.4) is 0 Å². The van der Waals surface area contributed by atoms with Crippen LogP contribution in [0.1, 0.15) is 0 Å². The van der Waals surface area contributed by atoms with Crippen molar-refractivity contribution in [1.29, 1.82) is 0 Å². The zero-order chi connectivity index (χ0) is 22.1. The minimum atomic E-state index is -3.71.